The molecule has 2 N–H and O–H groups in total. The number of hydrogen-bond acceptors (Lipinski definition) is 3. The number of carbonyl (C=O) groups is 2. The molecule has 1 rings (SSSR count). The average Bonchev–Trinajstić information content (AvgIpc) is 2.42. The van der Waals surface area contributed by atoms with Crippen LogP contribution in [0.25, 0.3) is 0 Å². The largest absolute Gasteiger partial charge is 0.329 e. The van der Waals surface area contributed by atoms with E-state index in [4.69, 9.17) is 0 Å². The fourth-order valence-corrected chi connectivity index (χ4v) is 1.48. The molecule has 0 aromatic heterocycles. The summed E-state index contributed by atoms with van der Waals surface area (Å²) >= 11 is 0. The Bertz CT molecular complexity index is 489. The molecule has 0 fully saturated rings. The Morgan fingerprint density at radius 2 is 1.74 bits per heavy atom. The Kier molecular flexibility index (Phi) is 5.73. The van der Waals surface area contributed by atoms with Crippen LogP contribution in [0.2, 0.25) is 0 Å². The summed E-state index contributed by atoms with van der Waals surface area (Å²) in [4.78, 5) is 23.2. The number of benzene rings is 1. The lowest BCUT2D eigenvalue weighted by molar-refractivity contribution is -0.136. The van der Waals surface area contributed by atoms with Crippen LogP contribution < -0.4 is 10.7 Å². The van der Waals surface area contributed by atoms with Gasteiger partial charge in [0.05, 0.1) is 0 Å². The van der Waals surface area contributed by atoms with Crippen LogP contribution in [0, 0.1) is 6.92 Å². The number of hydrogen-bond donors (Lipinski definition) is 2. The lowest BCUT2D eigenvalue weighted by Crippen LogP contribution is -2.33. The molecule has 0 aliphatic heterocycles. The zero-order chi connectivity index (χ0) is 14.3. The minimum Gasteiger partial charge on any atom is -0.317 e. The number of carbonyl (C=O) groups excluding carboxylic acids is 2. The Morgan fingerprint density at radius 3 is 2.32 bits per heavy atom. The summed E-state index contributed by atoms with van der Waals surface area (Å²) < 4.78 is 0. The predicted molar refractivity (Wildman–Crippen MR) is 76.0 cm³/mol. The van der Waals surface area contributed by atoms with Crippen molar-refractivity contribution in [3.8, 4) is 0 Å². The summed E-state index contributed by atoms with van der Waals surface area (Å²) in [5.41, 5.74) is 4.63. The molecular weight excluding hydrogens is 242 g/mol. The maximum absolute atomic E-state index is 11.7. The van der Waals surface area contributed by atoms with Crippen LogP contribution in [0.1, 0.15) is 32.3 Å². The molecule has 0 atom stereocenters. The van der Waals surface area contributed by atoms with E-state index in [1.54, 1.807) is 12.1 Å². The maximum atomic E-state index is 11.7. The van der Waals surface area contributed by atoms with E-state index in [0.717, 1.165) is 24.1 Å². The Labute approximate surface area is 113 Å². The second-order valence-corrected chi connectivity index (χ2v) is 4.10. The second-order valence-electron chi connectivity index (χ2n) is 4.10. The van der Waals surface area contributed by atoms with Crippen LogP contribution >= 0.6 is 0 Å². The van der Waals surface area contributed by atoms with E-state index in [-0.39, 0.29) is 0 Å². The molecule has 5 nitrogen and oxygen atoms in total. The van der Waals surface area contributed by atoms with Crippen molar-refractivity contribution in [2.75, 3.05) is 5.32 Å². The Morgan fingerprint density at radius 1 is 1.11 bits per heavy atom. The van der Waals surface area contributed by atoms with Gasteiger partial charge in [0.25, 0.3) is 0 Å². The number of amides is 2. The normalized spacial score (nSPS) is 9.63. The molecule has 0 saturated carbocycles. The van der Waals surface area contributed by atoms with Crippen LogP contribution in [-0.4, -0.2) is 17.5 Å². The van der Waals surface area contributed by atoms with Crippen molar-refractivity contribution in [1.82, 2.24) is 5.43 Å². The molecule has 1 aromatic carbocycles. The van der Waals surface area contributed by atoms with Crippen LogP contribution in [0.3, 0.4) is 0 Å². The first-order valence-corrected chi connectivity index (χ1v) is 6.30. The van der Waals surface area contributed by atoms with Crippen LogP contribution in [0.5, 0.6) is 0 Å². The number of nitrogens with zero attached hydrogens (tertiary/aromatic N) is 1. The number of nitrogens with one attached hydrogen (secondary N) is 2. The summed E-state index contributed by atoms with van der Waals surface area (Å²) in [6.45, 7) is 5.75. The molecule has 1 aromatic rings. The molecule has 2 amide bonds. The van der Waals surface area contributed by atoms with Crippen LogP contribution in [0.4, 0.5) is 5.69 Å². The summed E-state index contributed by atoms with van der Waals surface area (Å²) in [6.07, 6.45) is 1.49. The summed E-state index contributed by atoms with van der Waals surface area (Å²) in [7, 11) is 0. The highest BCUT2D eigenvalue weighted by molar-refractivity contribution is 6.39. The summed E-state index contributed by atoms with van der Waals surface area (Å²) in [5.74, 6) is -1.48. The number of aryl methyl sites for hydroxylation is 1. The number of rotatable bonds is 4. The predicted octanol–water partition coefficient (Wildman–Crippen LogP) is 2.23. The SMILES string of the molecule is CCC(CC)=NNC(=O)C(=O)Nc1ccccc1C. The van der Waals surface area contributed by atoms with Gasteiger partial charge in [-0.2, -0.15) is 5.10 Å². The summed E-state index contributed by atoms with van der Waals surface area (Å²) in [5, 5.41) is 6.45. The smallest absolute Gasteiger partial charge is 0.317 e. The van der Waals surface area contributed by atoms with E-state index in [9.17, 15) is 9.59 Å². The zero-order valence-corrected chi connectivity index (χ0v) is 11.5. The average molecular weight is 261 g/mol. The quantitative estimate of drug-likeness (QED) is 0.495. The maximum Gasteiger partial charge on any atom is 0.329 e. The van der Waals surface area contributed by atoms with Gasteiger partial charge in [-0.15, -0.1) is 0 Å². The first kappa shape index (κ1) is 14.9. The molecular formula is C14H19N3O2. The van der Waals surface area contributed by atoms with Crippen molar-refractivity contribution in [3.05, 3.63) is 29.8 Å². The highest BCUT2D eigenvalue weighted by Gasteiger charge is 2.13. The minimum atomic E-state index is -0.761. The fourth-order valence-electron chi connectivity index (χ4n) is 1.48. The van der Waals surface area contributed by atoms with Crippen molar-refractivity contribution >= 4 is 23.2 Å². The molecule has 0 unspecified atom stereocenters. The van der Waals surface area contributed by atoms with E-state index in [1.165, 1.54) is 0 Å². The third kappa shape index (κ3) is 4.54. The standard InChI is InChI=1S/C14H19N3O2/c1-4-11(5-2)16-17-14(19)13(18)15-12-9-7-6-8-10(12)3/h6-9H,4-5H2,1-3H3,(H,15,18)(H,17,19). The highest BCUT2D eigenvalue weighted by atomic mass is 16.2. The van der Waals surface area contributed by atoms with Gasteiger partial charge < -0.3 is 5.32 Å². The minimum absolute atomic E-state index is 0.623. The lowest BCUT2D eigenvalue weighted by atomic mass is 10.2. The molecule has 102 valence electrons. The fraction of sp³-hybridized carbons (Fsp3) is 0.357. The molecule has 0 aliphatic rings. The van der Waals surface area contributed by atoms with Gasteiger partial charge in [0.2, 0.25) is 0 Å². The van der Waals surface area contributed by atoms with Gasteiger partial charge in [0.15, 0.2) is 0 Å². The van der Waals surface area contributed by atoms with Gasteiger partial charge in [-0.25, -0.2) is 5.43 Å². The van der Waals surface area contributed by atoms with E-state index in [2.05, 4.69) is 15.8 Å². The van der Waals surface area contributed by atoms with E-state index < -0.39 is 11.8 Å². The zero-order valence-electron chi connectivity index (χ0n) is 11.5. The first-order chi connectivity index (χ1) is 9.08. The van der Waals surface area contributed by atoms with Gasteiger partial charge in [0, 0.05) is 11.4 Å². The molecule has 19 heavy (non-hydrogen) atoms. The molecule has 0 bridgehead atoms. The second kappa shape index (κ2) is 7.31. The number of para-hydroxylation sites is 1. The third-order valence-electron chi connectivity index (χ3n) is 2.73. The third-order valence-corrected chi connectivity index (χ3v) is 2.73. The first-order valence-electron chi connectivity index (χ1n) is 6.30. The van der Waals surface area contributed by atoms with Gasteiger partial charge in [-0.05, 0) is 31.4 Å². The molecule has 0 spiro atoms. The Hall–Kier alpha value is -2.17. The van der Waals surface area contributed by atoms with E-state index in [1.807, 2.05) is 32.9 Å². The van der Waals surface area contributed by atoms with Crippen molar-refractivity contribution < 1.29 is 9.59 Å². The van der Waals surface area contributed by atoms with E-state index >= 15 is 0 Å². The van der Waals surface area contributed by atoms with Crippen LogP contribution in [0.15, 0.2) is 29.4 Å². The van der Waals surface area contributed by atoms with Gasteiger partial charge in [0.1, 0.15) is 0 Å². The van der Waals surface area contributed by atoms with Gasteiger partial charge >= 0.3 is 11.8 Å². The highest BCUT2D eigenvalue weighted by Crippen LogP contribution is 2.12. The Balaban J connectivity index is 2.62. The van der Waals surface area contributed by atoms with Gasteiger partial charge in [-0.3, -0.25) is 9.59 Å². The molecule has 0 radical (unpaired) electrons. The van der Waals surface area contributed by atoms with Crippen molar-refractivity contribution in [2.24, 2.45) is 5.10 Å². The molecule has 0 heterocycles. The molecule has 0 aliphatic carbocycles. The summed E-state index contributed by atoms with van der Waals surface area (Å²) in [6, 6.07) is 7.26. The number of hydrazone groups is 1. The van der Waals surface area contributed by atoms with Crippen molar-refractivity contribution in [2.45, 2.75) is 33.6 Å². The molecule has 5 heteroatoms. The monoisotopic (exact) mass is 261 g/mol. The topological polar surface area (TPSA) is 70.6 Å². The number of anilines is 1. The van der Waals surface area contributed by atoms with E-state index in [0.29, 0.717) is 5.69 Å². The van der Waals surface area contributed by atoms with Crippen molar-refractivity contribution in [1.29, 1.82) is 0 Å². The van der Waals surface area contributed by atoms with Gasteiger partial charge in [-0.1, -0.05) is 32.0 Å². The van der Waals surface area contributed by atoms with Crippen molar-refractivity contribution in [3.63, 3.8) is 0 Å². The lowest BCUT2D eigenvalue weighted by Gasteiger charge is -2.07. The molecule has 0 saturated heterocycles. The van der Waals surface area contributed by atoms with Crippen LogP contribution in [-0.2, 0) is 9.59 Å².